The van der Waals surface area contributed by atoms with Gasteiger partial charge in [0, 0.05) is 14.2 Å². The van der Waals surface area contributed by atoms with Gasteiger partial charge in [-0.1, -0.05) is 12.1 Å². The molecule has 0 bridgehead atoms. The van der Waals surface area contributed by atoms with Gasteiger partial charge >= 0.3 is 0 Å². The fourth-order valence-corrected chi connectivity index (χ4v) is 1.92. The van der Waals surface area contributed by atoms with Crippen molar-refractivity contribution >= 4 is 5.82 Å². The summed E-state index contributed by atoms with van der Waals surface area (Å²) in [6.45, 7) is 4.33. The SMILES string of the molecule is CNc1nc(C)nc(Oc2cccc(COC)c2)c1C. The van der Waals surface area contributed by atoms with Gasteiger partial charge in [0.05, 0.1) is 12.2 Å². The van der Waals surface area contributed by atoms with Crippen LogP contribution in [0.25, 0.3) is 0 Å². The van der Waals surface area contributed by atoms with Gasteiger partial charge in [0.15, 0.2) is 0 Å². The van der Waals surface area contributed by atoms with Crippen LogP contribution in [0.15, 0.2) is 24.3 Å². The summed E-state index contributed by atoms with van der Waals surface area (Å²) in [5.41, 5.74) is 1.94. The summed E-state index contributed by atoms with van der Waals surface area (Å²) < 4.78 is 11.0. The predicted molar refractivity (Wildman–Crippen MR) is 78.3 cm³/mol. The van der Waals surface area contributed by atoms with Crippen molar-refractivity contribution in [3.63, 3.8) is 0 Å². The molecule has 0 spiro atoms. The van der Waals surface area contributed by atoms with E-state index in [0.29, 0.717) is 18.3 Å². The molecule has 0 aliphatic rings. The highest BCUT2D eigenvalue weighted by Crippen LogP contribution is 2.27. The molecule has 2 aromatic rings. The quantitative estimate of drug-likeness (QED) is 0.907. The van der Waals surface area contributed by atoms with Gasteiger partial charge in [0.25, 0.3) is 0 Å². The Bertz CT molecular complexity index is 600. The van der Waals surface area contributed by atoms with Gasteiger partial charge in [-0.15, -0.1) is 0 Å². The standard InChI is InChI=1S/C15H19N3O2/c1-10-14(16-3)17-11(2)18-15(10)20-13-7-5-6-12(8-13)9-19-4/h5-8H,9H2,1-4H3,(H,16,17,18). The molecular weight excluding hydrogens is 254 g/mol. The van der Waals surface area contributed by atoms with Gasteiger partial charge in [-0.2, -0.15) is 4.98 Å². The first-order chi connectivity index (χ1) is 9.63. The van der Waals surface area contributed by atoms with Crippen molar-refractivity contribution in [3.8, 4) is 11.6 Å². The molecule has 0 aliphatic heterocycles. The Labute approximate surface area is 119 Å². The number of hydrogen-bond donors (Lipinski definition) is 1. The van der Waals surface area contributed by atoms with Crippen LogP contribution in [0.1, 0.15) is 17.0 Å². The Morgan fingerprint density at radius 3 is 2.70 bits per heavy atom. The molecule has 20 heavy (non-hydrogen) atoms. The fourth-order valence-electron chi connectivity index (χ4n) is 1.92. The molecule has 0 atom stereocenters. The Kier molecular flexibility index (Phi) is 4.53. The summed E-state index contributed by atoms with van der Waals surface area (Å²) in [6.07, 6.45) is 0. The Balaban J connectivity index is 2.30. The molecule has 1 N–H and O–H groups in total. The number of ether oxygens (including phenoxy) is 2. The molecule has 5 heteroatoms. The average molecular weight is 273 g/mol. The number of benzene rings is 1. The van der Waals surface area contributed by atoms with Crippen molar-refractivity contribution in [1.29, 1.82) is 0 Å². The largest absolute Gasteiger partial charge is 0.439 e. The van der Waals surface area contributed by atoms with Crippen LogP contribution >= 0.6 is 0 Å². The van der Waals surface area contributed by atoms with Crippen LogP contribution in [0, 0.1) is 13.8 Å². The third-order valence-corrected chi connectivity index (χ3v) is 2.87. The summed E-state index contributed by atoms with van der Waals surface area (Å²) in [4.78, 5) is 8.67. The van der Waals surface area contributed by atoms with E-state index in [1.54, 1.807) is 7.11 Å². The zero-order valence-electron chi connectivity index (χ0n) is 12.2. The van der Waals surface area contributed by atoms with Crippen molar-refractivity contribution in [3.05, 3.63) is 41.2 Å². The normalized spacial score (nSPS) is 10.4. The zero-order chi connectivity index (χ0) is 14.5. The minimum absolute atomic E-state index is 0.556. The molecule has 0 amide bonds. The second-order valence-corrected chi connectivity index (χ2v) is 4.48. The Morgan fingerprint density at radius 2 is 2.00 bits per heavy atom. The van der Waals surface area contributed by atoms with E-state index in [4.69, 9.17) is 9.47 Å². The van der Waals surface area contributed by atoms with Crippen LogP contribution in [0.4, 0.5) is 5.82 Å². The molecule has 0 aliphatic carbocycles. The minimum atomic E-state index is 0.556. The number of anilines is 1. The molecule has 1 heterocycles. The first-order valence-corrected chi connectivity index (χ1v) is 6.42. The number of nitrogens with one attached hydrogen (secondary N) is 1. The number of rotatable bonds is 5. The molecule has 106 valence electrons. The highest BCUT2D eigenvalue weighted by molar-refractivity contribution is 5.49. The van der Waals surface area contributed by atoms with Crippen LogP contribution in [0.5, 0.6) is 11.6 Å². The van der Waals surface area contributed by atoms with Gasteiger partial charge in [-0.3, -0.25) is 0 Å². The van der Waals surface area contributed by atoms with Crippen LogP contribution < -0.4 is 10.1 Å². The number of hydrogen-bond acceptors (Lipinski definition) is 5. The van der Waals surface area contributed by atoms with E-state index in [1.807, 2.05) is 45.2 Å². The highest BCUT2D eigenvalue weighted by atomic mass is 16.5. The Morgan fingerprint density at radius 1 is 1.20 bits per heavy atom. The van der Waals surface area contributed by atoms with E-state index in [-0.39, 0.29) is 0 Å². The fraction of sp³-hybridized carbons (Fsp3) is 0.333. The molecule has 1 aromatic heterocycles. The third-order valence-electron chi connectivity index (χ3n) is 2.87. The second kappa shape index (κ2) is 6.34. The summed E-state index contributed by atoms with van der Waals surface area (Å²) >= 11 is 0. The molecule has 0 saturated heterocycles. The zero-order valence-corrected chi connectivity index (χ0v) is 12.2. The predicted octanol–water partition coefficient (Wildman–Crippen LogP) is 3.07. The molecule has 0 fully saturated rings. The number of nitrogens with zero attached hydrogens (tertiary/aromatic N) is 2. The van der Waals surface area contributed by atoms with E-state index < -0.39 is 0 Å². The smallest absolute Gasteiger partial charge is 0.227 e. The maximum absolute atomic E-state index is 5.87. The lowest BCUT2D eigenvalue weighted by atomic mass is 10.2. The van der Waals surface area contributed by atoms with Gasteiger partial charge in [-0.05, 0) is 31.5 Å². The molecular formula is C15H19N3O2. The maximum atomic E-state index is 5.87. The van der Waals surface area contributed by atoms with Crippen molar-refractivity contribution in [2.75, 3.05) is 19.5 Å². The van der Waals surface area contributed by atoms with E-state index in [2.05, 4.69) is 15.3 Å². The topological polar surface area (TPSA) is 56.3 Å². The van der Waals surface area contributed by atoms with E-state index in [9.17, 15) is 0 Å². The van der Waals surface area contributed by atoms with Crippen LogP contribution in [0.3, 0.4) is 0 Å². The Hall–Kier alpha value is -2.14. The minimum Gasteiger partial charge on any atom is -0.439 e. The lowest BCUT2D eigenvalue weighted by Gasteiger charge is -2.12. The van der Waals surface area contributed by atoms with Crippen molar-refractivity contribution < 1.29 is 9.47 Å². The lowest BCUT2D eigenvalue weighted by Crippen LogP contribution is -2.03. The molecule has 0 saturated carbocycles. The molecule has 5 nitrogen and oxygen atoms in total. The number of aryl methyl sites for hydroxylation is 1. The van der Waals surface area contributed by atoms with Crippen LogP contribution in [-0.4, -0.2) is 24.1 Å². The van der Waals surface area contributed by atoms with Gasteiger partial charge in [0.2, 0.25) is 5.88 Å². The second-order valence-electron chi connectivity index (χ2n) is 4.48. The molecule has 1 aromatic carbocycles. The van der Waals surface area contributed by atoms with Gasteiger partial charge in [-0.25, -0.2) is 4.98 Å². The van der Waals surface area contributed by atoms with E-state index in [1.165, 1.54) is 0 Å². The van der Waals surface area contributed by atoms with Crippen LogP contribution in [-0.2, 0) is 11.3 Å². The van der Waals surface area contributed by atoms with Crippen molar-refractivity contribution in [2.45, 2.75) is 20.5 Å². The third kappa shape index (κ3) is 3.24. The monoisotopic (exact) mass is 273 g/mol. The number of aromatic nitrogens is 2. The van der Waals surface area contributed by atoms with Gasteiger partial charge < -0.3 is 14.8 Å². The summed E-state index contributed by atoms with van der Waals surface area (Å²) in [6, 6.07) is 7.77. The summed E-state index contributed by atoms with van der Waals surface area (Å²) in [5.74, 6) is 2.75. The first-order valence-electron chi connectivity index (χ1n) is 6.42. The maximum Gasteiger partial charge on any atom is 0.227 e. The van der Waals surface area contributed by atoms with Crippen LogP contribution in [0.2, 0.25) is 0 Å². The average Bonchev–Trinajstić information content (AvgIpc) is 2.43. The summed E-state index contributed by atoms with van der Waals surface area (Å²) in [5, 5.41) is 3.04. The van der Waals surface area contributed by atoms with E-state index >= 15 is 0 Å². The lowest BCUT2D eigenvalue weighted by molar-refractivity contribution is 0.184. The van der Waals surface area contributed by atoms with Gasteiger partial charge in [0.1, 0.15) is 17.4 Å². The summed E-state index contributed by atoms with van der Waals surface area (Å²) in [7, 11) is 3.50. The van der Waals surface area contributed by atoms with Crippen molar-refractivity contribution in [2.24, 2.45) is 0 Å². The molecule has 0 radical (unpaired) electrons. The highest BCUT2D eigenvalue weighted by Gasteiger charge is 2.10. The number of methoxy groups -OCH3 is 1. The molecule has 2 rings (SSSR count). The van der Waals surface area contributed by atoms with Crippen molar-refractivity contribution in [1.82, 2.24) is 9.97 Å². The first kappa shape index (κ1) is 14.3. The molecule has 0 unspecified atom stereocenters. The van der Waals surface area contributed by atoms with E-state index in [0.717, 1.165) is 22.7 Å².